The van der Waals surface area contributed by atoms with Crippen LogP contribution in [0.3, 0.4) is 0 Å². The topological polar surface area (TPSA) is 97.9 Å². The largest absolute Gasteiger partial charge is 0.464 e. The zero-order chi connectivity index (χ0) is 15.2. The molecule has 0 radical (unpaired) electrons. The SMILES string of the molecule is COC(=O)c1ccc(N)c(N2CCC(OCCO)CC2)n1. The highest BCUT2D eigenvalue weighted by molar-refractivity contribution is 5.88. The van der Waals surface area contributed by atoms with Gasteiger partial charge in [-0.05, 0) is 25.0 Å². The van der Waals surface area contributed by atoms with E-state index >= 15 is 0 Å². The van der Waals surface area contributed by atoms with E-state index in [0.717, 1.165) is 25.9 Å². The number of rotatable bonds is 5. The first kappa shape index (κ1) is 15.5. The zero-order valence-corrected chi connectivity index (χ0v) is 12.1. The van der Waals surface area contributed by atoms with Crippen LogP contribution in [0.1, 0.15) is 23.3 Å². The standard InChI is InChI=1S/C14H21N3O4/c1-20-14(19)12-3-2-11(15)13(16-12)17-6-4-10(5-7-17)21-9-8-18/h2-3,10,18H,4-9,15H2,1H3. The Balaban J connectivity index is 2.04. The molecule has 1 fully saturated rings. The average molecular weight is 295 g/mol. The molecule has 3 N–H and O–H groups in total. The van der Waals surface area contributed by atoms with Crippen molar-refractivity contribution in [1.82, 2.24) is 4.98 Å². The molecule has 116 valence electrons. The number of esters is 1. The zero-order valence-electron chi connectivity index (χ0n) is 12.1. The number of nitrogens with two attached hydrogens (primary N) is 1. The van der Waals surface area contributed by atoms with Crippen LogP contribution in [0.4, 0.5) is 11.5 Å². The lowest BCUT2D eigenvalue weighted by Gasteiger charge is -2.33. The number of ether oxygens (including phenoxy) is 2. The van der Waals surface area contributed by atoms with Gasteiger partial charge in [0.25, 0.3) is 0 Å². The van der Waals surface area contributed by atoms with Crippen LogP contribution in [0.25, 0.3) is 0 Å². The third kappa shape index (κ3) is 3.83. The lowest BCUT2D eigenvalue weighted by Crippen LogP contribution is -2.38. The molecular formula is C14H21N3O4. The molecule has 1 saturated heterocycles. The maximum Gasteiger partial charge on any atom is 0.356 e. The summed E-state index contributed by atoms with van der Waals surface area (Å²) in [6, 6.07) is 3.23. The number of aliphatic hydroxyl groups is 1. The predicted molar refractivity (Wildman–Crippen MR) is 78.3 cm³/mol. The molecule has 0 saturated carbocycles. The van der Waals surface area contributed by atoms with E-state index in [1.54, 1.807) is 12.1 Å². The van der Waals surface area contributed by atoms with Crippen molar-refractivity contribution in [3.8, 4) is 0 Å². The summed E-state index contributed by atoms with van der Waals surface area (Å²) in [4.78, 5) is 17.9. The van der Waals surface area contributed by atoms with Crippen LogP contribution in [0.5, 0.6) is 0 Å². The molecule has 1 aliphatic heterocycles. The normalized spacial score (nSPS) is 16.0. The molecule has 0 aromatic carbocycles. The molecule has 21 heavy (non-hydrogen) atoms. The highest BCUT2D eigenvalue weighted by Gasteiger charge is 2.23. The number of aliphatic hydroxyl groups excluding tert-OH is 1. The molecule has 1 aromatic rings. The molecule has 1 aromatic heterocycles. The minimum Gasteiger partial charge on any atom is -0.464 e. The van der Waals surface area contributed by atoms with E-state index in [2.05, 4.69) is 9.72 Å². The number of anilines is 2. The number of pyridine rings is 1. The molecule has 0 atom stereocenters. The van der Waals surface area contributed by atoms with Gasteiger partial charge in [-0.25, -0.2) is 9.78 Å². The van der Waals surface area contributed by atoms with Gasteiger partial charge < -0.3 is 25.2 Å². The van der Waals surface area contributed by atoms with Crippen LogP contribution < -0.4 is 10.6 Å². The van der Waals surface area contributed by atoms with Gasteiger partial charge in [-0.3, -0.25) is 0 Å². The molecule has 0 amide bonds. The molecule has 0 unspecified atom stereocenters. The Kier molecular flexibility index (Phi) is 5.35. The lowest BCUT2D eigenvalue weighted by molar-refractivity contribution is 0.0158. The van der Waals surface area contributed by atoms with Crippen LogP contribution in [0.15, 0.2) is 12.1 Å². The van der Waals surface area contributed by atoms with Crippen LogP contribution >= 0.6 is 0 Å². The van der Waals surface area contributed by atoms with Crippen molar-refractivity contribution in [3.05, 3.63) is 17.8 Å². The summed E-state index contributed by atoms with van der Waals surface area (Å²) in [5, 5.41) is 8.76. The Morgan fingerprint density at radius 2 is 2.19 bits per heavy atom. The molecule has 7 heteroatoms. The van der Waals surface area contributed by atoms with Crippen molar-refractivity contribution in [1.29, 1.82) is 0 Å². The second kappa shape index (κ2) is 7.24. The first-order valence-corrected chi connectivity index (χ1v) is 6.98. The van der Waals surface area contributed by atoms with Gasteiger partial charge in [0.05, 0.1) is 32.1 Å². The van der Waals surface area contributed by atoms with Crippen molar-refractivity contribution in [2.45, 2.75) is 18.9 Å². The molecule has 1 aliphatic rings. The Bertz CT molecular complexity index is 487. The van der Waals surface area contributed by atoms with E-state index in [1.165, 1.54) is 7.11 Å². The van der Waals surface area contributed by atoms with Crippen LogP contribution in [0, 0.1) is 0 Å². The fraction of sp³-hybridized carbons (Fsp3) is 0.571. The van der Waals surface area contributed by atoms with E-state index < -0.39 is 5.97 Å². The molecule has 7 nitrogen and oxygen atoms in total. The third-order valence-electron chi connectivity index (χ3n) is 3.49. The number of aromatic nitrogens is 1. The van der Waals surface area contributed by atoms with Crippen LogP contribution in [-0.4, -0.2) is 55.6 Å². The highest BCUT2D eigenvalue weighted by atomic mass is 16.5. The van der Waals surface area contributed by atoms with Gasteiger partial charge in [-0.2, -0.15) is 0 Å². The van der Waals surface area contributed by atoms with Gasteiger partial charge in [-0.1, -0.05) is 0 Å². The van der Waals surface area contributed by atoms with Crippen molar-refractivity contribution in [2.24, 2.45) is 0 Å². The quantitative estimate of drug-likeness (QED) is 0.760. The second-order valence-corrected chi connectivity index (χ2v) is 4.88. The Morgan fingerprint density at radius 3 is 2.81 bits per heavy atom. The van der Waals surface area contributed by atoms with Gasteiger partial charge >= 0.3 is 5.97 Å². The van der Waals surface area contributed by atoms with E-state index in [9.17, 15) is 4.79 Å². The average Bonchev–Trinajstić information content (AvgIpc) is 2.53. The predicted octanol–water partition coefficient (Wildman–Crippen LogP) is 0.428. The van der Waals surface area contributed by atoms with Crippen molar-refractivity contribution in [2.75, 3.05) is 44.0 Å². The molecule has 0 bridgehead atoms. The highest BCUT2D eigenvalue weighted by Crippen LogP contribution is 2.25. The van der Waals surface area contributed by atoms with Crippen LogP contribution in [0.2, 0.25) is 0 Å². The third-order valence-corrected chi connectivity index (χ3v) is 3.49. The number of nitrogen functional groups attached to an aromatic ring is 1. The summed E-state index contributed by atoms with van der Waals surface area (Å²) in [6.07, 6.45) is 1.83. The molecular weight excluding hydrogens is 274 g/mol. The summed E-state index contributed by atoms with van der Waals surface area (Å²) in [6.45, 7) is 1.90. The number of carbonyl (C=O) groups excluding carboxylic acids is 1. The number of nitrogens with zero attached hydrogens (tertiary/aromatic N) is 2. The van der Waals surface area contributed by atoms with Crippen molar-refractivity contribution >= 4 is 17.5 Å². The number of hydrogen-bond donors (Lipinski definition) is 2. The molecule has 2 heterocycles. The van der Waals surface area contributed by atoms with Gasteiger partial charge in [-0.15, -0.1) is 0 Å². The first-order chi connectivity index (χ1) is 10.2. The Hall–Kier alpha value is -1.86. The van der Waals surface area contributed by atoms with Gasteiger partial charge in [0.2, 0.25) is 0 Å². The lowest BCUT2D eigenvalue weighted by atomic mass is 10.1. The smallest absolute Gasteiger partial charge is 0.356 e. The van der Waals surface area contributed by atoms with Crippen molar-refractivity contribution < 1.29 is 19.4 Å². The van der Waals surface area contributed by atoms with E-state index in [4.69, 9.17) is 15.6 Å². The summed E-state index contributed by atoms with van der Waals surface area (Å²) >= 11 is 0. The van der Waals surface area contributed by atoms with E-state index in [-0.39, 0.29) is 18.4 Å². The summed E-state index contributed by atoms with van der Waals surface area (Å²) in [5.41, 5.74) is 6.75. The molecule has 2 rings (SSSR count). The van der Waals surface area contributed by atoms with E-state index in [0.29, 0.717) is 18.1 Å². The number of carbonyl (C=O) groups is 1. The fourth-order valence-electron chi connectivity index (χ4n) is 2.38. The Morgan fingerprint density at radius 1 is 1.48 bits per heavy atom. The summed E-state index contributed by atoms with van der Waals surface area (Å²) < 4.78 is 10.2. The first-order valence-electron chi connectivity index (χ1n) is 6.98. The van der Waals surface area contributed by atoms with Gasteiger partial charge in [0.15, 0.2) is 11.5 Å². The molecule has 0 spiro atoms. The fourth-order valence-corrected chi connectivity index (χ4v) is 2.38. The summed E-state index contributed by atoms with van der Waals surface area (Å²) in [7, 11) is 1.32. The number of piperidine rings is 1. The number of hydrogen-bond acceptors (Lipinski definition) is 7. The maximum absolute atomic E-state index is 11.5. The van der Waals surface area contributed by atoms with E-state index in [1.807, 2.05) is 4.90 Å². The minimum atomic E-state index is -0.475. The van der Waals surface area contributed by atoms with Gasteiger partial charge in [0.1, 0.15) is 0 Å². The minimum absolute atomic E-state index is 0.0376. The summed E-state index contributed by atoms with van der Waals surface area (Å²) in [5.74, 6) is 0.135. The van der Waals surface area contributed by atoms with Crippen LogP contribution in [-0.2, 0) is 9.47 Å². The van der Waals surface area contributed by atoms with Crippen molar-refractivity contribution in [3.63, 3.8) is 0 Å². The number of methoxy groups -OCH3 is 1. The van der Waals surface area contributed by atoms with Gasteiger partial charge in [0, 0.05) is 13.1 Å². The second-order valence-electron chi connectivity index (χ2n) is 4.88. The maximum atomic E-state index is 11.5. The monoisotopic (exact) mass is 295 g/mol. The molecule has 0 aliphatic carbocycles. The Labute approximate surface area is 123 Å².